The molecule has 2 aromatic rings. The second kappa shape index (κ2) is 7.57. The third kappa shape index (κ3) is 3.83. The minimum absolute atomic E-state index is 0.0860. The first-order chi connectivity index (χ1) is 13.8. The number of ether oxygens (including phenoxy) is 1. The summed E-state index contributed by atoms with van der Waals surface area (Å²) in [5.74, 6) is 0.715. The summed E-state index contributed by atoms with van der Waals surface area (Å²) in [4.78, 5) is 2.37. The number of piperidine rings is 3. The average Bonchev–Trinajstić information content (AvgIpc) is 2.73. The van der Waals surface area contributed by atoms with Gasteiger partial charge in [0.15, 0.2) is 0 Å². The number of benzene rings is 1. The van der Waals surface area contributed by atoms with E-state index in [1.54, 1.807) is 6.07 Å². The molecule has 0 spiro atoms. The fraction of sp³-hybridized carbons (Fsp3) is 0.524. The number of aliphatic hydroxyl groups is 1. The molecule has 2 atom stereocenters. The lowest BCUT2D eigenvalue weighted by Crippen LogP contribution is -2.49. The Morgan fingerprint density at radius 1 is 1.17 bits per heavy atom. The lowest BCUT2D eigenvalue weighted by atomic mass is 9.75. The van der Waals surface area contributed by atoms with Crippen molar-refractivity contribution in [1.82, 2.24) is 15.1 Å². The molecule has 3 fully saturated rings. The SMILES string of the molecule is COc1cc(C(F)(F)F)ccc1-c1nnc(C(O)C2CN3CCC2CC3)cc1C. The van der Waals surface area contributed by atoms with Crippen molar-refractivity contribution in [2.75, 3.05) is 26.7 Å². The summed E-state index contributed by atoms with van der Waals surface area (Å²) in [5.41, 5.74) is 1.34. The first-order valence-electron chi connectivity index (χ1n) is 9.78. The van der Waals surface area contributed by atoms with Gasteiger partial charge in [-0.1, -0.05) is 0 Å². The summed E-state index contributed by atoms with van der Waals surface area (Å²) in [6.07, 6.45) is -2.96. The standard InChI is InChI=1S/C21H24F3N3O2/c1-12-9-17(20(28)16-11-27-7-5-13(16)6-8-27)25-26-19(12)15-4-3-14(21(22,23)24)10-18(15)29-2/h3-4,9-10,13,16,20,28H,5-8,11H2,1-2H3. The fourth-order valence-corrected chi connectivity index (χ4v) is 4.57. The molecule has 5 rings (SSSR count). The number of alkyl halides is 3. The van der Waals surface area contributed by atoms with Crippen molar-refractivity contribution in [3.05, 3.63) is 41.1 Å². The minimum Gasteiger partial charge on any atom is -0.496 e. The van der Waals surface area contributed by atoms with Crippen LogP contribution >= 0.6 is 0 Å². The number of nitrogens with zero attached hydrogens (tertiary/aromatic N) is 3. The number of hydrogen-bond donors (Lipinski definition) is 1. The topological polar surface area (TPSA) is 58.5 Å². The van der Waals surface area contributed by atoms with E-state index >= 15 is 0 Å². The Morgan fingerprint density at radius 2 is 1.90 bits per heavy atom. The smallest absolute Gasteiger partial charge is 0.416 e. The van der Waals surface area contributed by atoms with Gasteiger partial charge in [0, 0.05) is 18.0 Å². The van der Waals surface area contributed by atoms with Gasteiger partial charge in [0.1, 0.15) is 11.9 Å². The van der Waals surface area contributed by atoms with Crippen LogP contribution in [0.15, 0.2) is 24.3 Å². The highest BCUT2D eigenvalue weighted by molar-refractivity contribution is 5.70. The molecular formula is C21H24F3N3O2. The highest BCUT2D eigenvalue weighted by Crippen LogP contribution is 2.40. The third-order valence-corrected chi connectivity index (χ3v) is 6.20. The summed E-state index contributed by atoms with van der Waals surface area (Å²) in [7, 11) is 1.33. The van der Waals surface area contributed by atoms with Gasteiger partial charge >= 0.3 is 6.18 Å². The summed E-state index contributed by atoms with van der Waals surface area (Å²) in [5, 5.41) is 19.4. The summed E-state index contributed by atoms with van der Waals surface area (Å²) < 4.78 is 44.1. The molecule has 0 saturated carbocycles. The zero-order valence-corrected chi connectivity index (χ0v) is 16.4. The number of fused-ring (bicyclic) bond motifs is 3. The van der Waals surface area contributed by atoms with Gasteiger partial charge in [0.25, 0.3) is 0 Å². The third-order valence-electron chi connectivity index (χ3n) is 6.20. The summed E-state index contributed by atoms with van der Waals surface area (Å²) in [6, 6.07) is 5.10. The van der Waals surface area contributed by atoms with Gasteiger partial charge in [-0.3, -0.25) is 0 Å². The predicted molar refractivity (Wildman–Crippen MR) is 101 cm³/mol. The normalized spacial score (nSPS) is 25.1. The first kappa shape index (κ1) is 20.1. The minimum atomic E-state index is -4.45. The maximum Gasteiger partial charge on any atom is 0.416 e. The molecule has 1 aromatic heterocycles. The van der Waals surface area contributed by atoms with E-state index in [0.717, 1.165) is 50.2 Å². The number of aliphatic hydroxyl groups excluding tert-OH is 1. The molecule has 2 bridgehead atoms. The Morgan fingerprint density at radius 3 is 2.45 bits per heavy atom. The van der Waals surface area contributed by atoms with Crippen LogP contribution in [0, 0.1) is 18.8 Å². The zero-order valence-electron chi connectivity index (χ0n) is 16.4. The lowest BCUT2D eigenvalue weighted by molar-refractivity contribution is -0.137. The molecule has 1 N–H and O–H groups in total. The second-order valence-electron chi connectivity index (χ2n) is 7.96. The maximum atomic E-state index is 13.0. The molecule has 1 aromatic carbocycles. The van der Waals surface area contributed by atoms with E-state index < -0.39 is 17.8 Å². The monoisotopic (exact) mass is 407 g/mol. The number of halogens is 3. The van der Waals surface area contributed by atoms with Crippen molar-refractivity contribution < 1.29 is 23.0 Å². The van der Waals surface area contributed by atoms with Crippen LogP contribution in [0.1, 0.15) is 35.8 Å². The molecule has 0 aliphatic carbocycles. The van der Waals surface area contributed by atoms with Gasteiger partial charge in [-0.2, -0.15) is 18.3 Å². The van der Waals surface area contributed by atoms with Crippen LogP contribution in [0.5, 0.6) is 5.75 Å². The predicted octanol–water partition coefficient (Wildman–Crippen LogP) is 3.85. The van der Waals surface area contributed by atoms with E-state index in [0.29, 0.717) is 22.9 Å². The number of methoxy groups -OCH3 is 1. The van der Waals surface area contributed by atoms with Crippen molar-refractivity contribution in [3.8, 4) is 17.0 Å². The van der Waals surface area contributed by atoms with E-state index in [1.807, 2.05) is 6.92 Å². The van der Waals surface area contributed by atoms with E-state index in [1.165, 1.54) is 13.2 Å². The zero-order chi connectivity index (χ0) is 20.8. The molecule has 156 valence electrons. The Balaban J connectivity index is 1.62. The number of rotatable bonds is 4. The maximum absolute atomic E-state index is 13.0. The molecule has 0 radical (unpaired) electrons. The molecule has 3 aliphatic rings. The van der Waals surface area contributed by atoms with Crippen LogP contribution in [-0.2, 0) is 6.18 Å². The average molecular weight is 407 g/mol. The van der Waals surface area contributed by atoms with E-state index in [9.17, 15) is 18.3 Å². The van der Waals surface area contributed by atoms with E-state index in [-0.39, 0.29) is 11.7 Å². The van der Waals surface area contributed by atoms with Gasteiger partial charge in [-0.05, 0) is 68.6 Å². The number of aryl methyl sites for hydroxylation is 1. The molecule has 3 aliphatic heterocycles. The van der Waals surface area contributed by atoms with Crippen LogP contribution in [-0.4, -0.2) is 46.9 Å². The van der Waals surface area contributed by atoms with Crippen molar-refractivity contribution in [1.29, 1.82) is 0 Å². The van der Waals surface area contributed by atoms with Crippen molar-refractivity contribution in [3.63, 3.8) is 0 Å². The highest BCUT2D eigenvalue weighted by atomic mass is 19.4. The lowest BCUT2D eigenvalue weighted by Gasteiger charge is -2.46. The Bertz CT molecular complexity index is 895. The largest absolute Gasteiger partial charge is 0.496 e. The fourth-order valence-electron chi connectivity index (χ4n) is 4.57. The molecule has 0 amide bonds. The highest BCUT2D eigenvalue weighted by Gasteiger charge is 2.39. The quantitative estimate of drug-likeness (QED) is 0.834. The molecule has 3 saturated heterocycles. The van der Waals surface area contributed by atoms with E-state index in [2.05, 4.69) is 15.1 Å². The van der Waals surface area contributed by atoms with Crippen molar-refractivity contribution in [2.24, 2.45) is 11.8 Å². The molecule has 8 heteroatoms. The van der Waals surface area contributed by atoms with Gasteiger partial charge in [0.2, 0.25) is 0 Å². The molecule has 5 nitrogen and oxygen atoms in total. The summed E-state index contributed by atoms with van der Waals surface area (Å²) >= 11 is 0. The van der Waals surface area contributed by atoms with Crippen LogP contribution in [0.4, 0.5) is 13.2 Å². The number of aromatic nitrogens is 2. The molecule has 4 heterocycles. The van der Waals surface area contributed by atoms with Crippen LogP contribution in [0.2, 0.25) is 0 Å². The van der Waals surface area contributed by atoms with Crippen molar-refractivity contribution in [2.45, 2.75) is 32.0 Å². The van der Waals surface area contributed by atoms with Crippen LogP contribution < -0.4 is 4.74 Å². The van der Waals surface area contributed by atoms with Gasteiger partial charge < -0.3 is 14.7 Å². The van der Waals surface area contributed by atoms with Crippen molar-refractivity contribution >= 4 is 0 Å². The molecule has 29 heavy (non-hydrogen) atoms. The Kier molecular flexibility index (Phi) is 5.25. The van der Waals surface area contributed by atoms with Gasteiger partial charge in [-0.25, -0.2) is 0 Å². The van der Waals surface area contributed by atoms with Gasteiger partial charge in [0.05, 0.1) is 24.1 Å². The van der Waals surface area contributed by atoms with Gasteiger partial charge in [-0.15, -0.1) is 5.10 Å². The summed E-state index contributed by atoms with van der Waals surface area (Å²) in [6.45, 7) is 4.85. The first-order valence-corrected chi connectivity index (χ1v) is 9.78. The Hall–Kier alpha value is -2.19. The Labute approximate surface area is 167 Å². The van der Waals surface area contributed by atoms with E-state index in [4.69, 9.17) is 4.74 Å². The number of hydrogen-bond acceptors (Lipinski definition) is 5. The second-order valence-corrected chi connectivity index (χ2v) is 7.96. The molecule has 2 unspecified atom stereocenters. The molecular weight excluding hydrogens is 383 g/mol. The van der Waals surface area contributed by atoms with Crippen LogP contribution in [0.3, 0.4) is 0 Å². The van der Waals surface area contributed by atoms with Crippen LogP contribution in [0.25, 0.3) is 11.3 Å².